The first kappa shape index (κ1) is 26.6. The molecule has 0 amide bonds. The molecule has 172 valence electrons. The molecular weight excluding hydrogens is 368 g/mol. The maximum Gasteiger partial charge on any atom is 0.114 e. The molecule has 4 atom stereocenters. The van der Waals surface area contributed by atoms with E-state index in [0.717, 1.165) is 12.8 Å². The summed E-state index contributed by atoms with van der Waals surface area (Å²) in [5.41, 5.74) is 0. The van der Waals surface area contributed by atoms with Crippen molar-refractivity contribution in [2.75, 3.05) is 19.8 Å². The smallest absolute Gasteiger partial charge is 0.114 e. The maximum atomic E-state index is 10.0. The lowest BCUT2D eigenvalue weighted by Crippen LogP contribution is -2.55. The highest BCUT2D eigenvalue weighted by atomic mass is 16.6. The molecule has 1 aliphatic heterocycles. The molecule has 0 aromatic rings. The molecule has 1 aliphatic rings. The molecule has 0 aromatic carbocycles. The van der Waals surface area contributed by atoms with Crippen LogP contribution in [0.3, 0.4) is 0 Å². The van der Waals surface area contributed by atoms with Gasteiger partial charge in [-0.3, -0.25) is 0 Å². The Labute approximate surface area is 178 Å². The predicted molar refractivity (Wildman–Crippen MR) is 118 cm³/mol. The van der Waals surface area contributed by atoms with Crippen molar-refractivity contribution < 1.29 is 24.8 Å². The average molecular weight is 415 g/mol. The van der Waals surface area contributed by atoms with Gasteiger partial charge in [-0.15, -0.1) is 0 Å². The zero-order valence-corrected chi connectivity index (χ0v) is 18.6. The number of aliphatic hydroxyl groups excluding tert-OH is 3. The molecule has 1 rings (SSSR count). The van der Waals surface area contributed by atoms with Crippen LogP contribution in [0.25, 0.3) is 0 Å². The molecule has 29 heavy (non-hydrogen) atoms. The zero-order chi connectivity index (χ0) is 21.2. The van der Waals surface area contributed by atoms with Crippen LogP contribution in [-0.2, 0) is 9.47 Å². The van der Waals surface area contributed by atoms with E-state index in [-0.39, 0.29) is 13.2 Å². The van der Waals surface area contributed by atoms with Crippen LogP contribution >= 0.6 is 0 Å². The van der Waals surface area contributed by atoms with Crippen molar-refractivity contribution in [1.29, 1.82) is 0 Å². The van der Waals surface area contributed by atoms with E-state index in [4.69, 9.17) is 9.47 Å². The van der Waals surface area contributed by atoms with Crippen LogP contribution < -0.4 is 0 Å². The molecule has 0 unspecified atom stereocenters. The van der Waals surface area contributed by atoms with Crippen LogP contribution in [0.2, 0.25) is 0 Å². The fourth-order valence-corrected chi connectivity index (χ4v) is 3.79. The number of unbranched alkanes of at least 4 members (excludes halogenated alkanes) is 12. The second-order valence-electron chi connectivity index (χ2n) is 8.39. The van der Waals surface area contributed by atoms with Crippen molar-refractivity contribution in [2.45, 2.75) is 121 Å². The van der Waals surface area contributed by atoms with E-state index in [1.165, 1.54) is 77.0 Å². The molecule has 0 spiro atoms. The van der Waals surface area contributed by atoms with E-state index in [2.05, 4.69) is 19.1 Å². The Morgan fingerprint density at radius 3 is 1.97 bits per heavy atom. The highest BCUT2D eigenvalue weighted by molar-refractivity contribution is 4.87. The number of rotatable bonds is 18. The van der Waals surface area contributed by atoms with E-state index in [1.807, 2.05) is 0 Å². The monoisotopic (exact) mass is 414 g/mol. The Morgan fingerprint density at radius 1 is 0.828 bits per heavy atom. The average Bonchev–Trinajstić information content (AvgIpc) is 2.73. The summed E-state index contributed by atoms with van der Waals surface area (Å²) >= 11 is 0. The SMILES string of the molecule is CCCCCCCC/C=C/CCCCCCCCO[C@H]1[C@H](O)[C@@H](O)CO[C@@H]1CO. The third-order valence-electron chi connectivity index (χ3n) is 5.72. The lowest BCUT2D eigenvalue weighted by molar-refractivity contribution is -0.211. The highest BCUT2D eigenvalue weighted by Crippen LogP contribution is 2.19. The lowest BCUT2D eigenvalue weighted by atomic mass is 10.0. The van der Waals surface area contributed by atoms with E-state index in [1.54, 1.807) is 0 Å². The molecule has 3 N–H and O–H groups in total. The van der Waals surface area contributed by atoms with Gasteiger partial charge < -0.3 is 24.8 Å². The molecule has 0 aliphatic carbocycles. The largest absolute Gasteiger partial charge is 0.394 e. The summed E-state index contributed by atoms with van der Waals surface area (Å²) in [5, 5.41) is 29.0. The van der Waals surface area contributed by atoms with Crippen molar-refractivity contribution in [3.8, 4) is 0 Å². The molecule has 5 nitrogen and oxygen atoms in total. The minimum Gasteiger partial charge on any atom is -0.394 e. The third kappa shape index (κ3) is 12.7. The highest BCUT2D eigenvalue weighted by Gasteiger charge is 2.39. The van der Waals surface area contributed by atoms with Crippen LogP contribution in [0.15, 0.2) is 12.2 Å². The van der Waals surface area contributed by atoms with E-state index in [0.29, 0.717) is 6.61 Å². The minimum absolute atomic E-state index is 0.0422. The van der Waals surface area contributed by atoms with E-state index >= 15 is 0 Å². The molecule has 0 radical (unpaired) electrons. The first-order chi connectivity index (χ1) is 14.2. The predicted octanol–water partition coefficient (Wildman–Crippen LogP) is 4.52. The fraction of sp³-hybridized carbons (Fsp3) is 0.917. The standard InChI is InChI=1S/C24H46O5/c1-2-3-4-5-6-7-8-9-10-11-12-13-14-15-16-17-18-28-24-22(19-25)29-20-21(26)23(24)27/h9-10,21-27H,2-8,11-20H2,1H3/b10-9+/t21-,22+,23+,24+/m0/s1. The second kappa shape index (κ2) is 18.3. The Balaban J connectivity index is 1.88. The summed E-state index contributed by atoms with van der Waals surface area (Å²) in [6.45, 7) is 2.62. The van der Waals surface area contributed by atoms with Gasteiger partial charge in [0.05, 0.1) is 13.2 Å². The van der Waals surface area contributed by atoms with Crippen molar-refractivity contribution in [1.82, 2.24) is 0 Å². The van der Waals surface area contributed by atoms with Crippen LogP contribution in [0, 0.1) is 0 Å². The molecule has 1 heterocycles. The zero-order valence-electron chi connectivity index (χ0n) is 18.6. The second-order valence-corrected chi connectivity index (χ2v) is 8.39. The number of hydrogen-bond acceptors (Lipinski definition) is 5. The first-order valence-corrected chi connectivity index (χ1v) is 12.1. The summed E-state index contributed by atoms with van der Waals surface area (Å²) in [6.07, 6.45) is 19.2. The summed E-state index contributed by atoms with van der Waals surface area (Å²) in [5.74, 6) is 0. The van der Waals surface area contributed by atoms with Crippen LogP contribution in [0.5, 0.6) is 0 Å². The van der Waals surface area contributed by atoms with Crippen LogP contribution in [0.4, 0.5) is 0 Å². The van der Waals surface area contributed by atoms with Crippen molar-refractivity contribution in [3.63, 3.8) is 0 Å². The normalized spacial score (nSPS) is 25.1. The van der Waals surface area contributed by atoms with Crippen molar-refractivity contribution in [2.24, 2.45) is 0 Å². The van der Waals surface area contributed by atoms with E-state index < -0.39 is 24.4 Å². The van der Waals surface area contributed by atoms with Gasteiger partial charge in [0.15, 0.2) is 0 Å². The Hall–Kier alpha value is -0.460. The number of aliphatic hydroxyl groups is 3. The van der Waals surface area contributed by atoms with Gasteiger partial charge in [0.2, 0.25) is 0 Å². The van der Waals surface area contributed by atoms with Gasteiger partial charge in [-0.1, -0.05) is 76.9 Å². The van der Waals surface area contributed by atoms with Gasteiger partial charge in [-0.25, -0.2) is 0 Å². The van der Waals surface area contributed by atoms with Gasteiger partial charge in [0.1, 0.15) is 24.4 Å². The fourth-order valence-electron chi connectivity index (χ4n) is 3.79. The molecule has 0 bridgehead atoms. The maximum absolute atomic E-state index is 10.0. The summed E-state index contributed by atoms with van der Waals surface area (Å²) in [6, 6.07) is 0. The Morgan fingerprint density at radius 2 is 1.38 bits per heavy atom. The molecule has 5 heteroatoms. The van der Waals surface area contributed by atoms with E-state index in [9.17, 15) is 15.3 Å². The van der Waals surface area contributed by atoms with Gasteiger partial charge in [-0.2, -0.15) is 0 Å². The quantitative estimate of drug-likeness (QED) is 0.227. The molecular formula is C24H46O5. The summed E-state index contributed by atoms with van der Waals surface area (Å²) < 4.78 is 11.0. The lowest BCUT2D eigenvalue weighted by Gasteiger charge is -2.37. The van der Waals surface area contributed by atoms with Gasteiger partial charge >= 0.3 is 0 Å². The van der Waals surface area contributed by atoms with Gasteiger partial charge in [-0.05, 0) is 32.1 Å². The molecule has 0 aromatic heterocycles. The molecule has 1 fully saturated rings. The topological polar surface area (TPSA) is 79.2 Å². The van der Waals surface area contributed by atoms with Crippen LogP contribution in [-0.4, -0.2) is 59.6 Å². The van der Waals surface area contributed by atoms with Crippen LogP contribution in [0.1, 0.15) is 96.8 Å². The van der Waals surface area contributed by atoms with Crippen molar-refractivity contribution in [3.05, 3.63) is 12.2 Å². The summed E-state index contributed by atoms with van der Waals surface area (Å²) in [7, 11) is 0. The number of hydrogen-bond donors (Lipinski definition) is 3. The Bertz CT molecular complexity index is 385. The van der Waals surface area contributed by atoms with Gasteiger partial charge in [0.25, 0.3) is 0 Å². The Kier molecular flexibility index (Phi) is 16.8. The number of ether oxygens (including phenoxy) is 2. The molecule has 1 saturated heterocycles. The first-order valence-electron chi connectivity index (χ1n) is 12.1. The molecule has 0 saturated carbocycles. The van der Waals surface area contributed by atoms with Crippen molar-refractivity contribution >= 4 is 0 Å². The number of allylic oxidation sites excluding steroid dienone is 2. The minimum atomic E-state index is -0.991. The van der Waals surface area contributed by atoms with Gasteiger partial charge in [0, 0.05) is 6.61 Å². The third-order valence-corrected chi connectivity index (χ3v) is 5.72. The summed E-state index contributed by atoms with van der Waals surface area (Å²) in [4.78, 5) is 0.